The molecule has 1 aliphatic carbocycles. The highest BCUT2D eigenvalue weighted by atomic mass is 16.5. The molecule has 0 aliphatic heterocycles. The molecule has 5 atom stereocenters. The van der Waals surface area contributed by atoms with Gasteiger partial charge in [-0.25, -0.2) is 4.68 Å². The average Bonchev–Trinajstić information content (AvgIpc) is 2.65. The van der Waals surface area contributed by atoms with Gasteiger partial charge in [-0.1, -0.05) is 0 Å². The minimum atomic E-state index is -1.17. The first-order valence-electron chi connectivity index (χ1n) is 5.85. The minimum absolute atomic E-state index is 0.0247. The number of nitrogen functional groups attached to an aromatic ring is 2. The topological polar surface area (TPSA) is 184 Å². The Kier molecular flexibility index (Phi) is 3.87. The molecule has 1 aromatic heterocycles. The number of rotatable bonds is 3. The van der Waals surface area contributed by atoms with Gasteiger partial charge in [0.15, 0.2) is 0 Å². The molecular weight excluding hydrogens is 254 g/mol. The second kappa shape index (κ2) is 5.27. The normalized spacial score (nSPS) is 35.5. The van der Waals surface area contributed by atoms with Crippen LogP contribution < -0.4 is 22.9 Å². The van der Waals surface area contributed by atoms with Gasteiger partial charge in [0.1, 0.15) is 18.9 Å². The highest BCUT2D eigenvalue weighted by Gasteiger charge is 2.41. The fourth-order valence-corrected chi connectivity index (χ4v) is 2.13. The maximum absolute atomic E-state index is 9.89. The average molecular weight is 273 g/mol. The van der Waals surface area contributed by atoms with Crippen LogP contribution in [0.15, 0.2) is 0 Å². The molecular formula is C9H19N7O3. The van der Waals surface area contributed by atoms with Gasteiger partial charge in [0, 0.05) is 12.1 Å². The van der Waals surface area contributed by atoms with Crippen LogP contribution in [0, 0.1) is 0 Å². The van der Waals surface area contributed by atoms with Crippen LogP contribution in [0.4, 0.5) is 11.9 Å². The van der Waals surface area contributed by atoms with Gasteiger partial charge in [0.2, 0.25) is 11.9 Å². The van der Waals surface area contributed by atoms with Crippen molar-refractivity contribution in [2.45, 2.75) is 43.5 Å². The highest BCUT2D eigenvalue weighted by molar-refractivity contribution is 5.25. The van der Waals surface area contributed by atoms with Crippen LogP contribution in [0.3, 0.4) is 0 Å². The van der Waals surface area contributed by atoms with E-state index >= 15 is 0 Å². The Hall–Kier alpha value is -1.46. The molecule has 0 aromatic carbocycles. The lowest BCUT2D eigenvalue weighted by Gasteiger charge is -2.39. The quantitative estimate of drug-likeness (QED) is 0.326. The van der Waals surface area contributed by atoms with Crippen molar-refractivity contribution in [3.05, 3.63) is 0 Å². The summed E-state index contributed by atoms with van der Waals surface area (Å²) in [6.45, 7) is -0.0760. The Morgan fingerprint density at radius 1 is 1.21 bits per heavy atom. The van der Waals surface area contributed by atoms with Crippen molar-refractivity contribution in [1.29, 1.82) is 0 Å². The van der Waals surface area contributed by atoms with E-state index in [1.165, 1.54) is 4.68 Å². The lowest BCUT2D eigenvalue weighted by molar-refractivity contribution is -0.142. The third-order valence-corrected chi connectivity index (χ3v) is 3.20. The first kappa shape index (κ1) is 14.0. The predicted octanol–water partition coefficient (Wildman–Crippen LogP) is -3.43. The number of aliphatic hydroxyl groups is 2. The molecule has 2 rings (SSSR count). The van der Waals surface area contributed by atoms with E-state index in [1.807, 2.05) is 0 Å². The number of nitrogens with zero attached hydrogens (tertiary/aromatic N) is 3. The van der Waals surface area contributed by atoms with Crippen LogP contribution in [0.25, 0.3) is 0 Å². The maximum Gasteiger partial charge on any atom is 0.241 e. The molecule has 10 heteroatoms. The van der Waals surface area contributed by atoms with Crippen LogP contribution in [0.1, 0.15) is 6.42 Å². The number of aliphatic hydroxyl groups excluding tert-OH is 2. The summed E-state index contributed by atoms with van der Waals surface area (Å²) in [4.78, 5) is 3.70. The molecule has 0 bridgehead atoms. The number of nitrogens with two attached hydrogens (primary N) is 4. The van der Waals surface area contributed by atoms with Gasteiger partial charge in [-0.3, -0.25) is 0 Å². The highest BCUT2D eigenvalue weighted by Crippen LogP contribution is 2.21. The summed E-state index contributed by atoms with van der Waals surface area (Å²) in [6, 6.07) is -1.06. The molecule has 10 N–H and O–H groups in total. The van der Waals surface area contributed by atoms with Gasteiger partial charge in [0.25, 0.3) is 0 Å². The number of ether oxygens (including phenoxy) is 1. The zero-order chi connectivity index (χ0) is 14.2. The Bertz CT molecular complexity index is 439. The summed E-state index contributed by atoms with van der Waals surface area (Å²) >= 11 is 0. The van der Waals surface area contributed by atoms with Crippen molar-refractivity contribution >= 4 is 11.9 Å². The third-order valence-electron chi connectivity index (χ3n) is 3.20. The van der Waals surface area contributed by atoms with Crippen LogP contribution in [0.2, 0.25) is 0 Å². The van der Waals surface area contributed by atoms with Gasteiger partial charge in [-0.05, 0) is 6.42 Å². The van der Waals surface area contributed by atoms with Gasteiger partial charge >= 0.3 is 0 Å². The molecule has 1 fully saturated rings. The predicted molar refractivity (Wildman–Crippen MR) is 66.3 cm³/mol. The Balaban J connectivity index is 2.00. The zero-order valence-corrected chi connectivity index (χ0v) is 10.3. The standard InChI is InChI=1S/C9H19N7O3/c10-3-1-4(11)7(6(18)5(3)17)19-2-16-9(13)14-8(12)15-16/h3-7,17-18H,1-2,10-11H2,(H4,12,13,14,15)/t3-,4?,5-,6?,7-/m1/s1. The van der Waals surface area contributed by atoms with Crippen molar-refractivity contribution in [2.75, 3.05) is 11.5 Å². The second-order valence-corrected chi connectivity index (χ2v) is 4.63. The van der Waals surface area contributed by atoms with Crippen LogP contribution in [0.5, 0.6) is 0 Å². The van der Waals surface area contributed by atoms with E-state index in [9.17, 15) is 10.2 Å². The van der Waals surface area contributed by atoms with Gasteiger partial charge in [-0.15, -0.1) is 5.10 Å². The summed E-state index contributed by atoms with van der Waals surface area (Å²) in [7, 11) is 0. The van der Waals surface area contributed by atoms with Crippen molar-refractivity contribution in [3.63, 3.8) is 0 Å². The fraction of sp³-hybridized carbons (Fsp3) is 0.778. The van der Waals surface area contributed by atoms with Gasteiger partial charge in [-0.2, -0.15) is 4.98 Å². The molecule has 0 spiro atoms. The molecule has 19 heavy (non-hydrogen) atoms. The van der Waals surface area contributed by atoms with Crippen LogP contribution >= 0.6 is 0 Å². The summed E-state index contributed by atoms with van der Waals surface area (Å²) < 4.78 is 6.67. The molecule has 1 saturated carbocycles. The van der Waals surface area contributed by atoms with E-state index in [-0.39, 0.29) is 18.6 Å². The lowest BCUT2D eigenvalue weighted by Crippen LogP contribution is -2.62. The smallest absolute Gasteiger partial charge is 0.241 e. The number of anilines is 2. The molecule has 1 heterocycles. The third kappa shape index (κ3) is 2.77. The van der Waals surface area contributed by atoms with E-state index in [2.05, 4.69) is 10.1 Å². The van der Waals surface area contributed by atoms with Crippen LogP contribution in [-0.2, 0) is 11.5 Å². The maximum atomic E-state index is 9.89. The van der Waals surface area contributed by atoms with E-state index in [0.717, 1.165) is 0 Å². The van der Waals surface area contributed by atoms with Crippen molar-refractivity contribution in [1.82, 2.24) is 14.8 Å². The lowest BCUT2D eigenvalue weighted by atomic mass is 9.85. The Labute approximate surface area is 109 Å². The summed E-state index contributed by atoms with van der Waals surface area (Å²) in [5, 5.41) is 23.4. The molecule has 1 aromatic rings. The summed E-state index contributed by atoms with van der Waals surface area (Å²) in [5.74, 6) is 0.116. The molecule has 1 aliphatic rings. The molecule has 0 saturated heterocycles. The molecule has 0 amide bonds. The van der Waals surface area contributed by atoms with E-state index in [1.54, 1.807) is 0 Å². The van der Waals surface area contributed by atoms with Gasteiger partial charge < -0.3 is 37.9 Å². The Morgan fingerprint density at radius 3 is 2.47 bits per heavy atom. The van der Waals surface area contributed by atoms with Crippen molar-refractivity contribution in [2.24, 2.45) is 11.5 Å². The molecule has 2 unspecified atom stereocenters. The fourth-order valence-electron chi connectivity index (χ4n) is 2.13. The Morgan fingerprint density at radius 2 is 1.89 bits per heavy atom. The molecule has 108 valence electrons. The van der Waals surface area contributed by atoms with Crippen molar-refractivity contribution in [3.8, 4) is 0 Å². The SMILES string of the molecule is Nc1nc(N)n(CO[C@@H]2C(N)C[C@@H](N)[C@@H](O)C2O)n1. The first-order chi connectivity index (χ1) is 8.90. The monoisotopic (exact) mass is 273 g/mol. The summed E-state index contributed by atoms with van der Waals surface area (Å²) in [5.41, 5.74) is 22.4. The first-order valence-corrected chi connectivity index (χ1v) is 5.85. The van der Waals surface area contributed by atoms with Crippen LogP contribution in [-0.4, -0.2) is 55.4 Å². The largest absolute Gasteiger partial charge is 0.389 e. The second-order valence-electron chi connectivity index (χ2n) is 4.63. The minimum Gasteiger partial charge on any atom is -0.389 e. The molecule has 10 nitrogen and oxygen atoms in total. The number of hydrogen-bond acceptors (Lipinski definition) is 9. The van der Waals surface area contributed by atoms with Crippen molar-refractivity contribution < 1.29 is 14.9 Å². The van der Waals surface area contributed by atoms with E-state index < -0.39 is 30.4 Å². The number of aromatic nitrogens is 3. The molecule has 0 radical (unpaired) electrons. The summed E-state index contributed by atoms with van der Waals surface area (Å²) in [6.07, 6.45) is -2.67. The van der Waals surface area contributed by atoms with E-state index in [0.29, 0.717) is 6.42 Å². The zero-order valence-electron chi connectivity index (χ0n) is 10.3. The van der Waals surface area contributed by atoms with E-state index in [4.69, 9.17) is 27.7 Å². The van der Waals surface area contributed by atoms with Gasteiger partial charge in [0.05, 0.1) is 6.10 Å². The number of hydrogen-bond donors (Lipinski definition) is 6.